The summed E-state index contributed by atoms with van der Waals surface area (Å²) in [7, 11) is 0. The number of hydrogen-bond acceptors (Lipinski definition) is 6. The Balaban J connectivity index is 2.20. The number of rotatable bonds is 4. The molecule has 1 aliphatic rings. The Bertz CT molecular complexity index is 918. The number of non-ortho nitro benzene ring substituents is 1. The van der Waals surface area contributed by atoms with Gasteiger partial charge in [-0.1, -0.05) is 12.1 Å². The number of carbonyl (C=O) groups is 2. The van der Waals surface area contributed by atoms with Gasteiger partial charge in [0.25, 0.3) is 17.5 Å². The lowest BCUT2D eigenvalue weighted by atomic mass is 9.93. The topological polar surface area (TPSA) is 92.9 Å². The number of amides is 2. The molecule has 0 saturated carbocycles. The number of aliphatic imine (C=N–C) groups is 1. The highest BCUT2D eigenvalue weighted by molar-refractivity contribution is 7.78. The highest BCUT2D eigenvalue weighted by atomic mass is 32.1. The van der Waals surface area contributed by atoms with Crippen LogP contribution in [0.3, 0.4) is 0 Å². The van der Waals surface area contributed by atoms with Gasteiger partial charge in [0.2, 0.25) is 0 Å². The minimum atomic E-state index is -0.568. The van der Waals surface area contributed by atoms with Gasteiger partial charge in [-0.05, 0) is 23.7 Å². The first-order chi connectivity index (χ1) is 11.0. The van der Waals surface area contributed by atoms with Crippen molar-refractivity contribution >= 4 is 45.7 Å². The van der Waals surface area contributed by atoms with E-state index in [2.05, 4.69) is 22.4 Å². The van der Waals surface area contributed by atoms with Gasteiger partial charge < -0.3 is 0 Å². The van der Waals surface area contributed by atoms with E-state index in [1.165, 1.54) is 12.1 Å². The summed E-state index contributed by atoms with van der Waals surface area (Å²) in [5.41, 5.74) is 0.304. The van der Waals surface area contributed by atoms with E-state index in [0.717, 1.165) is 4.90 Å². The molecule has 0 unspecified atom stereocenters. The molecule has 0 atom stereocenters. The van der Waals surface area contributed by atoms with Gasteiger partial charge in [-0.2, -0.15) is 0 Å². The summed E-state index contributed by atoms with van der Waals surface area (Å²) in [6.45, 7) is 0.182. The van der Waals surface area contributed by atoms with Crippen LogP contribution in [0, 0.1) is 10.1 Å². The van der Waals surface area contributed by atoms with Crippen LogP contribution in [0.2, 0.25) is 0 Å². The standard InChI is InChI=1S/C15H9N3O4S/c19-14-11-3-1-2-9-6-10(18(21)22)7-12(13(9)11)15(20)17(14)5-4-16-8-23/h1-3,6-7H,4-5H2. The van der Waals surface area contributed by atoms with Gasteiger partial charge in [0.05, 0.1) is 22.2 Å². The molecule has 114 valence electrons. The second kappa shape index (κ2) is 5.68. The third-order valence-corrected chi connectivity index (χ3v) is 3.75. The van der Waals surface area contributed by atoms with Gasteiger partial charge in [0, 0.05) is 29.6 Å². The zero-order chi connectivity index (χ0) is 16.6. The molecule has 0 radical (unpaired) electrons. The Morgan fingerprint density at radius 2 is 1.96 bits per heavy atom. The van der Waals surface area contributed by atoms with Gasteiger partial charge in [-0.15, -0.1) is 0 Å². The molecule has 0 saturated heterocycles. The quantitative estimate of drug-likeness (QED) is 0.283. The predicted molar refractivity (Wildman–Crippen MR) is 85.9 cm³/mol. The van der Waals surface area contributed by atoms with Crippen molar-refractivity contribution in [3.63, 3.8) is 0 Å². The Morgan fingerprint density at radius 1 is 1.22 bits per heavy atom. The van der Waals surface area contributed by atoms with Gasteiger partial charge in [0.1, 0.15) is 0 Å². The van der Waals surface area contributed by atoms with Crippen LogP contribution in [0.15, 0.2) is 35.3 Å². The van der Waals surface area contributed by atoms with E-state index in [4.69, 9.17) is 0 Å². The fourth-order valence-corrected chi connectivity index (χ4v) is 2.74. The zero-order valence-corrected chi connectivity index (χ0v) is 12.5. The highest BCUT2D eigenvalue weighted by Gasteiger charge is 2.33. The van der Waals surface area contributed by atoms with Crippen molar-refractivity contribution in [1.29, 1.82) is 0 Å². The Hall–Kier alpha value is -2.96. The van der Waals surface area contributed by atoms with Crippen molar-refractivity contribution in [2.45, 2.75) is 0 Å². The smallest absolute Gasteiger partial charge is 0.270 e. The van der Waals surface area contributed by atoms with Crippen molar-refractivity contribution in [3.05, 3.63) is 51.6 Å². The molecule has 7 nitrogen and oxygen atoms in total. The molecular weight excluding hydrogens is 318 g/mol. The Labute approximate surface area is 135 Å². The van der Waals surface area contributed by atoms with Crippen LogP contribution in [0.5, 0.6) is 0 Å². The summed E-state index contributed by atoms with van der Waals surface area (Å²) in [4.78, 5) is 40.3. The molecule has 2 aromatic rings. The Morgan fingerprint density at radius 3 is 2.65 bits per heavy atom. The molecule has 0 aromatic heterocycles. The molecule has 2 aromatic carbocycles. The van der Waals surface area contributed by atoms with Gasteiger partial charge in [0.15, 0.2) is 0 Å². The van der Waals surface area contributed by atoms with Crippen LogP contribution in [0.4, 0.5) is 5.69 Å². The first-order valence-electron chi connectivity index (χ1n) is 6.65. The number of isothiocyanates is 1. The normalized spacial score (nSPS) is 13.1. The number of benzene rings is 2. The fraction of sp³-hybridized carbons (Fsp3) is 0.133. The second-order valence-corrected chi connectivity index (χ2v) is 5.07. The third-order valence-electron chi connectivity index (χ3n) is 3.62. The van der Waals surface area contributed by atoms with E-state index >= 15 is 0 Å². The summed E-state index contributed by atoms with van der Waals surface area (Å²) in [5, 5.41) is 14.2. The highest BCUT2D eigenvalue weighted by Crippen LogP contribution is 2.33. The van der Waals surface area contributed by atoms with Crippen molar-refractivity contribution in [3.8, 4) is 0 Å². The molecular formula is C15H9N3O4S. The molecule has 1 aliphatic heterocycles. The lowest BCUT2D eigenvalue weighted by Crippen LogP contribution is -2.41. The van der Waals surface area contributed by atoms with Gasteiger partial charge >= 0.3 is 0 Å². The molecule has 0 fully saturated rings. The van der Waals surface area contributed by atoms with Crippen molar-refractivity contribution in [2.75, 3.05) is 13.1 Å². The van der Waals surface area contributed by atoms with Crippen molar-refractivity contribution < 1.29 is 14.5 Å². The summed E-state index contributed by atoms with van der Waals surface area (Å²) >= 11 is 4.46. The number of carbonyl (C=O) groups excluding carboxylic acids is 2. The van der Waals surface area contributed by atoms with E-state index in [0.29, 0.717) is 16.3 Å². The summed E-state index contributed by atoms with van der Waals surface area (Å²) < 4.78 is 0. The third kappa shape index (κ3) is 2.40. The fourth-order valence-electron chi connectivity index (χ4n) is 2.65. The lowest BCUT2D eigenvalue weighted by Gasteiger charge is -2.26. The maximum absolute atomic E-state index is 12.6. The molecule has 3 rings (SSSR count). The molecule has 0 spiro atoms. The van der Waals surface area contributed by atoms with E-state index in [-0.39, 0.29) is 24.3 Å². The molecule has 2 amide bonds. The van der Waals surface area contributed by atoms with Crippen molar-refractivity contribution in [2.24, 2.45) is 4.99 Å². The minimum Gasteiger partial charge on any atom is -0.272 e. The van der Waals surface area contributed by atoms with Crippen LogP contribution >= 0.6 is 12.2 Å². The SMILES string of the molecule is O=C1c2cccc3cc([N+](=O)[O-])cc(c23)C(=O)N1CCN=C=S. The molecule has 23 heavy (non-hydrogen) atoms. The second-order valence-electron chi connectivity index (χ2n) is 4.89. The van der Waals surface area contributed by atoms with Crippen LogP contribution in [-0.4, -0.2) is 39.9 Å². The lowest BCUT2D eigenvalue weighted by molar-refractivity contribution is -0.384. The number of hydrogen-bond donors (Lipinski definition) is 0. The summed E-state index contributed by atoms with van der Waals surface area (Å²) in [6.07, 6.45) is 0. The Kier molecular flexibility index (Phi) is 3.69. The molecule has 1 heterocycles. The van der Waals surface area contributed by atoms with Crippen LogP contribution in [0.1, 0.15) is 20.7 Å². The van der Waals surface area contributed by atoms with E-state index in [9.17, 15) is 19.7 Å². The van der Waals surface area contributed by atoms with Crippen LogP contribution in [-0.2, 0) is 0 Å². The number of nitro benzene ring substituents is 1. The number of nitrogens with zero attached hydrogens (tertiary/aromatic N) is 3. The maximum atomic E-state index is 12.6. The van der Waals surface area contributed by atoms with Gasteiger partial charge in [-0.3, -0.25) is 24.6 Å². The summed E-state index contributed by atoms with van der Waals surface area (Å²) in [5.74, 6) is -1.01. The first kappa shape index (κ1) is 15.0. The average molecular weight is 327 g/mol. The first-order valence-corrected chi connectivity index (χ1v) is 7.06. The maximum Gasteiger partial charge on any atom is 0.270 e. The molecule has 8 heteroatoms. The van der Waals surface area contributed by atoms with Crippen LogP contribution < -0.4 is 0 Å². The monoisotopic (exact) mass is 327 g/mol. The molecule has 0 aliphatic carbocycles. The minimum absolute atomic E-state index is 0.0415. The van der Waals surface area contributed by atoms with E-state index < -0.39 is 16.7 Å². The summed E-state index contributed by atoms with van der Waals surface area (Å²) in [6, 6.07) is 7.43. The van der Waals surface area contributed by atoms with Crippen molar-refractivity contribution in [1.82, 2.24) is 4.90 Å². The van der Waals surface area contributed by atoms with E-state index in [1.54, 1.807) is 18.2 Å². The average Bonchev–Trinajstić information content (AvgIpc) is 2.55. The number of thiocarbonyl (C=S) groups is 1. The molecule has 0 bridgehead atoms. The van der Waals surface area contributed by atoms with E-state index in [1.807, 2.05) is 0 Å². The largest absolute Gasteiger partial charge is 0.272 e. The number of nitro groups is 1. The predicted octanol–water partition coefficient (Wildman–Crippen LogP) is 2.45. The van der Waals surface area contributed by atoms with Gasteiger partial charge in [-0.25, -0.2) is 4.99 Å². The molecule has 0 N–H and O–H groups in total. The number of imide groups is 1. The van der Waals surface area contributed by atoms with Crippen LogP contribution in [0.25, 0.3) is 10.8 Å². The zero-order valence-electron chi connectivity index (χ0n) is 11.7.